The standard InChI is InChI=1S/C23H27F4NO/c24-21(14-28)13-16-1-3-17(4-2-16)15-29-22-11-7-19(8-12-22)18-5-9-20(10-6-18)23(25,26)27/h5-6,9-10,13,16-17,19,22H,1-4,7-8,11-12,15H2. The van der Waals surface area contributed by atoms with Gasteiger partial charge in [-0.3, -0.25) is 0 Å². The summed E-state index contributed by atoms with van der Waals surface area (Å²) in [5, 5.41) is 8.52. The van der Waals surface area contributed by atoms with Gasteiger partial charge in [0.1, 0.15) is 6.07 Å². The van der Waals surface area contributed by atoms with Crippen LogP contribution in [0.15, 0.2) is 36.2 Å². The van der Waals surface area contributed by atoms with Gasteiger partial charge in [0, 0.05) is 6.61 Å². The molecule has 0 N–H and O–H groups in total. The first kappa shape index (κ1) is 21.8. The monoisotopic (exact) mass is 409 g/mol. The summed E-state index contributed by atoms with van der Waals surface area (Å²) in [7, 11) is 0. The Labute approximate surface area is 169 Å². The number of hydrogen-bond acceptors (Lipinski definition) is 2. The molecule has 0 spiro atoms. The third-order valence-corrected chi connectivity index (χ3v) is 6.33. The highest BCUT2D eigenvalue weighted by Crippen LogP contribution is 2.37. The molecule has 3 rings (SSSR count). The number of alkyl halides is 3. The molecule has 1 aromatic carbocycles. The number of rotatable bonds is 5. The van der Waals surface area contributed by atoms with E-state index in [1.54, 1.807) is 12.1 Å². The van der Waals surface area contributed by atoms with Crippen LogP contribution in [-0.4, -0.2) is 12.7 Å². The van der Waals surface area contributed by atoms with Crippen molar-refractivity contribution in [2.24, 2.45) is 11.8 Å². The number of allylic oxidation sites excluding steroid dienone is 2. The molecule has 0 amide bonds. The Kier molecular flexibility index (Phi) is 7.34. The highest BCUT2D eigenvalue weighted by molar-refractivity contribution is 5.27. The average molecular weight is 409 g/mol. The van der Waals surface area contributed by atoms with Crippen LogP contribution in [0.5, 0.6) is 0 Å². The molecule has 0 unspecified atom stereocenters. The number of ether oxygens (including phenoxy) is 1. The molecule has 0 aromatic heterocycles. The Bertz CT molecular complexity index is 719. The zero-order valence-corrected chi connectivity index (χ0v) is 16.4. The largest absolute Gasteiger partial charge is 0.416 e. The van der Waals surface area contributed by atoms with Crippen LogP contribution in [0.3, 0.4) is 0 Å². The van der Waals surface area contributed by atoms with Crippen LogP contribution in [0.25, 0.3) is 0 Å². The molecule has 29 heavy (non-hydrogen) atoms. The molecular formula is C23H27F4NO. The molecule has 0 saturated heterocycles. The molecule has 0 aliphatic heterocycles. The molecule has 158 valence electrons. The quantitative estimate of drug-likeness (QED) is 0.390. The Hall–Kier alpha value is -1.87. The van der Waals surface area contributed by atoms with Crippen molar-refractivity contribution in [1.82, 2.24) is 0 Å². The summed E-state index contributed by atoms with van der Waals surface area (Å²) >= 11 is 0. The smallest absolute Gasteiger partial charge is 0.378 e. The second-order valence-electron chi connectivity index (χ2n) is 8.33. The van der Waals surface area contributed by atoms with E-state index >= 15 is 0 Å². The van der Waals surface area contributed by atoms with Crippen LogP contribution in [0.4, 0.5) is 17.6 Å². The fourth-order valence-corrected chi connectivity index (χ4v) is 4.55. The molecule has 2 fully saturated rings. The predicted octanol–water partition coefficient (Wildman–Crippen LogP) is 6.93. The highest BCUT2D eigenvalue weighted by atomic mass is 19.4. The first-order chi connectivity index (χ1) is 13.8. The van der Waals surface area contributed by atoms with E-state index in [1.807, 2.05) is 0 Å². The van der Waals surface area contributed by atoms with Crippen LogP contribution < -0.4 is 0 Å². The van der Waals surface area contributed by atoms with Crippen molar-refractivity contribution in [1.29, 1.82) is 5.26 Å². The summed E-state index contributed by atoms with van der Waals surface area (Å²) in [5.74, 6) is 0.256. The van der Waals surface area contributed by atoms with Crippen molar-refractivity contribution in [2.75, 3.05) is 6.61 Å². The lowest BCUT2D eigenvalue weighted by Crippen LogP contribution is -2.25. The van der Waals surface area contributed by atoms with Crippen molar-refractivity contribution < 1.29 is 22.3 Å². The number of hydrogen-bond donors (Lipinski definition) is 0. The summed E-state index contributed by atoms with van der Waals surface area (Å²) < 4.78 is 57.3. The average Bonchev–Trinajstić information content (AvgIpc) is 2.73. The number of benzene rings is 1. The predicted molar refractivity (Wildman–Crippen MR) is 103 cm³/mol. The number of nitrogens with zero attached hydrogens (tertiary/aromatic N) is 1. The van der Waals surface area contributed by atoms with Gasteiger partial charge < -0.3 is 4.74 Å². The van der Waals surface area contributed by atoms with Crippen LogP contribution >= 0.6 is 0 Å². The normalized spacial score (nSPS) is 28.7. The van der Waals surface area contributed by atoms with Gasteiger partial charge in [0.05, 0.1) is 11.7 Å². The van der Waals surface area contributed by atoms with Gasteiger partial charge in [-0.15, -0.1) is 0 Å². The molecule has 0 heterocycles. The molecule has 2 saturated carbocycles. The van der Waals surface area contributed by atoms with Gasteiger partial charge in [0.15, 0.2) is 5.83 Å². The molecule has 6 heteroatoms. The van der Waals surface area contributed by atoms with Gasteiger partial charge in [-0.05, 0) is 92.9 Å². The lowest BCUT2D eigenvalue weighted by molar-refractivity contribution is -0.137. The van der Waals surface area contributed by atoms with E-state index in [0.717, 1.165) is 56.9 Å². The van der Waals surface area contributed by atoms with E-state index in [-0.39, 0.29) is 12.0 Å². The van der Waals surface area contributed by atoms with E-state index in [2.05, 4.69) is 0 Å². The van der Waals surface area contributed by atoms with Gasteiger partial charge in [-0.2, -0.15) is 22.8 Å². The van der Waals surface area contributed by atoms with E-state index < -0.39 is 17.6 Å². The van der Waals surface area contributed by atoms with E-state index in [0.29, 0.717) is 18.4 Å². The Morgan fingerprint density at radius 3 is 2.17 bits per heavy atom. The SMILES string of the molecule is N#CC(F)=CC1CCC(COC2CCC(c3ccc(C(F)(F)F)cc3)CC2)CC1. The zero-order valence-electron chi connectivity index (χ0n) is 16.4. The van der Waals surface area contributed by atoms with Crippen LogP contribution in [0.2, 0.25) is 0 Å². The summed E-state index contributed by atoms with van der Waals surface area (Å²) in [6.07, 6.45) is 4.85. The summed E-state index contributed by atoms with van der Waals surface area (Å²) in [6, 6.07) is 7.10. The van der Waals surface area contributed by atoms with E-state index in [9.17, 15) is 17.6 Å². The lowest BCUT2D eigenvalue weighted by atomic mass is 9.81. The minimum Gasteiger partial charge on any atom is -0.378 e. The second-order valence-corrected chi connectivity index (χ2v) is 8.33. The summed E-state index contributed by atoms with van der Waals surface area (Å²) in [5.41, 5.74) is 0.381. The van der Waals surface area contributed by atoms with Crippen LogP contribution in [-0.2, 0) is 10.9 Å². The van der Waals surface area contributed by atoms with E-state index in [4.69, 9.17) is 10.00 Å². The number of halogens is 4. The van der Waals surface area contributed by atoms with Gasteiger partial charge >= 0.3 is 6.18 Å². The number of nitriles is 1. The molecular weight excluding hydrogens is 382 g/mol. The first-order valence-corrected chi connectivity index (χ1v) is 10.4. The minimum atomic E-state index is -4.29. The van der Waals surface area contributed by atoms with Crippen molar-refractivity contribution in [3.8, 4) is 6.07 Å². The molecule has 0 radical (unpaired) electrons. The van der Waals surface area contributed by atoms with Gasteiger partial charge in [0.2, 0.25) is 0 Å². The van der Waals surface area contributed by atoms with Gasteiger partial charge in [0.25, 0.3) is 0 Å². The minimum absolute atomic E-state index is 0.157. The molecule has 2 nitrogen and oxygen atoms in total. The van der Waals surface area contributed by atoms with Crippen LogP contribution in [0.1, 0.15) is 68.4 Å². The molecule has 1 aromatic rings. The third-order valence-electron chi connectivity index (χ3n) is 6.33. The first-order valence-electron chi connectivity index (χ1n) is 10.4. The molecule has 0 bridgehead atoms. The van der Waals surface area contributed by atoms with Crippen molar-refractivity contribution in [3.63, 3.8) is 0 Å². The Morgan fingerprint density at radius 2 is 1.62 bits per heavy atom. The highest BCUT2D eigenvalue weighted by Gasteiger charge is 2.31. The van der Waals surface area contributed by atoms with Gasteiger partial charge in [-0.1, -0.05) is 12.1 Å². The van der Waals surface area contributed by atoms with Crippen molar-refractivity contribution in [2.45, 2.75) is 69.6 Å². The van der Waals surface area contributed by atoms with Gasteiger partial charge in [-0.25, -0.2) is 0 Å². The Morgan fingerprint density at radius 1 is 1.00 bits per heavy atom. The van der Waals surface area contributed by atoms with E-state index in [1.165, 1.54) is 24.3 Å². The maximum Gasteiger partial charge on any atom is 0.416 e. The zero-order chi connectivity index (χ0) is 20.9. The topological polar surface area (TPSA) is 33.0 Å². The maximum absolute atomic E-state index is 13.1. The third kappa shape index (κ3) is 6.30. The second kappa shape index (κ2) is 9.75. The molecule has 0 atom stereocenters. The summed E-state index contributed by atoms with van der Waals surface area (Å²) in [4.78, 5) is 0. The van der Waals surface area contributed by atoms with Crippen molar-refractivity contribution in [3.05, 3.63) is 47.3 Å². The maximum atomic E-state index is 13.1. The summed E-state index contributed by atoms with van der Waals surface area (Å²) in [6.45, 7) is 0.715. The van der Waals surface area contributed by atoms with Crippen molar-refractivity contribution >= 4 is 0 Å². The molecule has 2 aliphatic carbocycles. The van der Waals surface area contributed by atoms with Crippen LogP contribution in [0, 0.1) is 23.2 Å². The molecule has 2 aliphatic rings. The fraction of sp³-hybridized carbons (Fsp3) is 0.609. The lowest BCUT2D eigenvalue weighted by Gasteiger charge is -2.32. The Balaban J connectivity index is 1.38. The fourth-order valence-electron chi connectivity index (χ4n) is 4.55.